The van der Waals surface area contributed by atoms with Gasteiger partial charge >= 0.3 is 0 Å². The molecule has 1 aromatic carbocycles. The Morgan fingerprint density at radius 2 is 2.08 bits per heavy atom. The van der Waals surface area contributed by atoms with Crippen molar-refractivity contribution in [3.05, 3.63) is 35.4 Å². The monoisotopic (exact) mass is 167 g/mol. The standard InChI is InChI=1S/C10H14FN/c1-8(11)10-6-4-3-5-9(10)7-12-2/h3-6,8,12H,7H2,1-2H3. The second-order valence-electron chi connectivity index (χ2n) is 2.85. The summed E-state index contributed by atoms with van der Waals surface area (Å²) in [6.07, 6.45) is -0.880. The Balaban J connectivity index is 2.92. The maximum absolute atomic E-state index is 13.0. The summed E-state index contributed by atoms with van der Waals surface area (Å²) < 4.78 is 13.0. The van der Waals surface area contributed by atoms with Crippen LogP contribution < -0.4 is 5.32 Å². The molecule has 0 fully saturated rings. The molecule has 0 aromatic heterocycles. The summed E-state index contributed by atoms with van der Waals surface area (Å²) in [7, 11) is 1.86. The van der Waals surface area contributed by atoms with Crippen LogP contribution in [-0.2, 0) is 6.54 Å². The molecule has 66 valence electrons. The first kappa shape index (κ1) is 9.20. The van der Waals surface area contributed by atoms with Gasteiger partial charge in [-0.15, -0.1) is 0 Å². The normalized spacial score (nSPS) is 12.9. The molecule has 0 heterocycles. The first-order chi connectivity index (χ1) is 5.75. The first-order valence-corrected chi connectivity index (χ1v) is 4.12. The summed E-state index contributed by atoms with van der Waals surface area (Å²) in [5.41, 5.74) is 1.82. The van der Waals surface area contributed by atoms with Gasteiger partial charge in [-0.3, -0.25) is 0 Å². The molecule has 1 atom stereocenters. The smallest absolute Gasteiger partial charge is 0.123 e. The van der Waals surface area contributed by atoms with Crippen LogP contribution in [0.3, 0.4) is 0 Å². The molecular weight excluding hydrogens is 153 g/mol. The van der Waals surface area contributed by atoms with Gasteiger partial charge in [-0.2, -0.15) is 0 Å². The lowest BCUT2D eigenvalue weighted by atomic mass is 10.0. The highest BCUT2D eigenvalue weighted by Gasteiger charge is 2.06. The Labute approximate surface area is 72.6 Å². The molecule has 0 amide bonds. The number of halogens is 1. The molecule has 2 heteroatoms. The van der Waals surface area contributed by atoms with Crippen molar-refractivity contribution in [1.82, 2.24) is 5.32 Å². The van der Waals surface area contributed by atoms with Gasteiger partial charge in [0, 0.05) is 6.54 Å². The number of hydrogen-bond acceptors (Lipinski definition) is 1. The van der Waals surface area contributed by atoms with E-state index in [1.807, 2.05) is 31.3 Å². The minimum atomic E-state index is -0.880. The van der Waals surface area contributed by atoms with Crippen molar-refractivity contribution in [2.75, 3.05) is 7.05 Å². The Morgan fingerprint density at radius 1 is 1.42 bits per heavy atom. The molecular formula is C10H14FN. The molecule has 0 saturated heterocycles. The summed E-state index contributed by atoms with van der Waals surface area (Å²) >= 11 is 0. The molecule has 0 bridgehead atoms. The summed E-state index contributed by atoms with van der Waals surface area (Å²) in [5, 5.41) is 3.01. The largest absolute Gasteiger partial charge is 0.316 e. The third kappa shape index (κ3) is 2.05. The van der Waals surface area contributed by atoms with Crippen LogP contribution in [-0.4, -0.2) is 7.05 Å². The van der Waals surface area contributed by atoms with E-state index in [2.05, 4.69) is 5.32 Å². The van der Waals surface area contributed by atoms with E-state index in [-0.39, 0.29) is 0 Å². The van der Waals surface area contributed by atoms with Crippen LogP contribution in [0.25, 0.3) is 0 Å². The van der Waals surface area contributed by atoms with Gasteiger partial charge in [0.1, 0.15) is 6.17 Å². The third-order valence-electron chi connectivity index (χ3n) is 1.85. The van der Waals surface area contributed by atoms with E-state index in [9.17, 15) is 4.39 Å². The van der Waals surface area contributed by atoms with Crippen LogP contribution in [0.4, 0.5) is 4.39 Å². The number of hydrogen-bond donors (Lipinski definition) is 1. The van der Waals surface area contributed by atoms with Gasteiger partial charge in [0.15, 0.2) is 0 Å². The van der Waals surface area contributed by atoms with E-state index in [1.54, 1.807) is 6.92 Å². The van der Waals surface area contributed by atoms with Crippen molar-refractivity contribution >= 4 is 0 Å². The summed E-state index contributed by atoms with van der Waals surface area (Å²) in [6, 6.07) is 7.57. The summed E-state index contributed by atoms with van der Waals surface area (Å²) in [4.78, 5) is 0. The minimum Gasteiger partial charge on any atom is -0.316 e. The Kier molecular flexibility index (Phi) is 3.23. The highest BCUT2D eigenvalue weighted by atomic mass is 19.1. The highest BCUT2D eigenvalue weighted by Crippen LogP contribution is 2.20. The topological polar surface area (TPSA) is 12.0 Å². The van der Waals surface area contributed by atoms with E-state index >= 15 is 0 Å². The Bertz CT molecular complexity index is 245. The number of benzene rings is 1. The van der Waals surface area contributed by atoms with Gasteiger partial charge in [0.05, 0.1) is 0 Å². The molecule has 0 spiro atoms. The predicted molar refractivity (Wildman–Crippen MR) is 48.7 cm³/mol. The molecule has 0 saturated carbocycles. The maximum atomic E-state index is 13.0. The van der Waals surface area contributed by atoms with E-state index in [1.165, 1.54) is 0 Å². The number of alkyl halides is 1. The zero-order valence-corrected chi connectivity index (χ0v) is 7.47. The fourth-order valence-corrected chi connectivity index (χ4v) is 1.27. The van der Waals surface area contributed by atoms with Crippen molar-refractivity contribution in [2.24, 2.45) is 0 Å². The molecule has 0 radical (unpaired) electrons. The van der Waals surface area contributed by atoms with Gasteiger partial charge in [-0.1, -0.05) is 24.3 Å². The molecule has 0 aliphatic heterocycles. The fraction of sp³-hybridized carbons (Fsp3) is 0.400. The summed E-state index contributed by atoms with van der Waals surface area (Å²) in [6.45, 7) is 2.29. The van der Waals surface area contributed by atoms with E-state index < -0.39 is 6.17 Å². The number of nitrogens with one attached hydrogen (secondary N) is 1. The lowest BCUT2D eigenvalue weighted by molar-refractivity contribution is 0.371. The fourth-order valence-electron chi connectivity index (χ4n) is 1.27. The first-order valence-electron chi connectivity index (χ1n) is 4.12. The highest BCUT2D eigenvalue weighted by molar-refractivity contribution is 5.28. The number of rotatable bonds is 3. The van der Waals surface area contributed by atoms with Crippen molar-refractivity contribution in [2.45, 2.75) is 19.6 Å². The van der Waals surface area contributed by atoms with E-state index in [4.69, 9.17) is 0 Å². The van der Waals surface area contributed by atoms with Crippen molar-refractivity contribution in [1.29, 1.82) is 0 Å². The van der Waals surface area contributed by atoms with Gasteiger partial charge < -0.3 is 5.32 Å². The lowest BCUT2D eigenvalue weighted by Gasteiger charge is -2.09. The van der Waals surface area contributed by atoms with Gasteiger partial charge in [-0.05, 0) is 25.1 Å². The van der Waals surface area contributed by atoms with E-state index in [0.717, 1.165) is 17.7 Å². The van der Waals surface area contributed by atoms with Crippen LogP contribution in [0.2, 0.25) is 0 Å². The van der Waals surface area contributed by atoms with Crippen LogP contribution in [0.5, 0.6) is 0 Å². The second kappa shape index (κ2) is 4.21. The lowest BCUT2D eigenvalue weighted by Crippen LogP contribution is -2.07. The molecule has 12 heavy (non-hydrogen) atoms. The molecule has 0 aliphatic carbocycles. The van der Waals surface area contributed by atoms with E-state index in [0.29, 0.717) is 0 Å². The van der Waals surface area contributed by atoms with Gasteiger partial charge in [-0.25, -0.2) is 4.39 Å². The van der Waals surface area contributed by atoms with Gasteiger partial charge in [0.25, 0.3) is 0 Å². The van der Waals surface area contributed by atoms with Crippen molar-refractivity contribution in [3.63, 3.8) is 0 Å². The van der Waals surface area contributed by atoms with Gasteiger partial charge in [0.2, 0.25) is 0 Å². The predicted octanol–water partition coefficient (Wildman–Crippen LogP) is 2.44. The zero-order chi connectivity index (χ0) is 8.97. The Hall–Kier alpha value is -0.890. The molecule has 0 aliphatic rings. The van der Waals surface area contributed by atoms with Crippen LogP contribution in [0.1, 0.15) is 24.2 Å². The average Bonchev–Trinajstić information content (AvgIpc) is 2.05. The van der Waals surface area contributed by atoms with Crippen LogP contribution >= 0.6 is 0 Å². The quantitative estimate of drug-likeness (QED) is 0.729. The Morgan fingerprint density at radius 3 is 2.67 bits per heavy atom. The zero-order valence-electron chi connectivity index (χ0n) is 7.47. The molecule has 1 aromatic rings. The molecule has 1 nitrogen and oxygen atoms in total. The molecule has 1 N–H and O–H groups in total. The maximum Gasteiger partial charge on any atom is 0.123 e. The summed E-state index contributed by atoms with van der Waals surface area (Å²) in [5.74, 6) is 0. The van der Waals surface area contributed by atoms with Crippen LogP contribution in [0, 0.1) is 0 Å². The molecule has 1 unspecified atom stereocenters. The third-order valence-corrected chi connectivity index (χ3v) is 1.85. The minimum absolute atomic E-state index is 0.727. The average molecular weight is 167 g/mol. The second-order valence-corrected chi connectivity index (χ2v) is 2.85. The SMILES string of the molecule is CNCc1ccccc1C(C)F. The van der Waals surface area contributed by atoms with Crippen molar-refractivity contribution in [3.8, 4) is 0 Å². The van der Waals surface area contributed by atoms with Crippen molar-refractivity contribution < 1.29 is 4.39 Å². The van der Waals surface area contributed by atoms with Crippen LogP contribution in [0.15, 0.2) is 24.3 Å². The molecule has 1 rings (SSSR count).